The van der Waals surface area contributed by atoms with Crippen LogP contribution in [0, 0.1) is 6.92 Å². The van der Waals surface area contributed by atoms with E-state index in [0.29, 0.717) is 12.4 Å². The Hall–Kier alpha value is -5.12. The summed E-state index contributed by atoms with van der Waals surface area (Å²) in [6, 6.07) is 13.4. The minimum absolute atomic E-state index is 0.599. The first-order valence-electron chi connectivity index (χ1n) is 18.8. The Morgan fingerprint density at radius 3 is 2.51 bits per heavy atom. The Morgan fingerprint density at radius 1 is 0.922 bits per heavy atom. The fourth-order valence-corrected chi connectivity index (χ4v) is 7.50. The van der Waals surface area contributed by atoms with Gasteiger partial charge >= 0.3 is 0 Å². The second-order valence-electron chi connectivity index (χ2n) is 13.5. The van der Waals surface area contributed by atoms with E-state index >= 15 is 0 Å². The molecule has 2 aromatic carbocycles. The Balaban J connectivity index is 1.07. The summed E-state index contributed by atoms with van der Waals surface area (Å²) in [5.41, 5.74) is 16.1. The highest BCUT2D eigenvalue weighted by atomic mass is 15.1. The summed E-state index contributed by atoms with van der Waals surface area (Å²) in [5, 5.41) is 11.5. The van der Waals surface area contributed by atoms with Crippen LogP contribution in [0.2, 0.25) is 0 Å². The molecule has 0 spiro atoms. The monoisotopic (exact) mass is 684 g/mol. The van der Waals surface area contributed by atoms with Crippen molar-refractivity contribution < 1.29 is 0 Å². The number of nitrogens with zero attached hydrogens (tertiary/aromatic N) is 6. The molecule has 4 aliphatic heterocycles. The Morgan fingerprint density at radius 2 is 1.73 bits per heavy atom. The molecule has 10 heteroatoms. The van der Waals surface area contributed by atoms with Crippen LogP contribution >= 0.6 is 0 Å². The number of anilines is 1. The quantitative estimate of drug-likeness (QED) is 0.113. The lowest BCUT2D eigenvalue weighted by Gasteiger charge is -2.26. The average Bonchev–Trinajstić information content (AvgIpc) is 3.99. The Kier molecular flexibility index (Phi) is 11.0. The summed E-state index contributed by atoms with van der Waals surface area (Å²) in [5.74, 6) is 3.69. The van der Waals surface area contributed by atoms with Crippen LogP contribution in [0.3, 0.4) is 0 Å². The minimum Gasteiger partial charge on any atom is -0.384 e. The van der Waals surface area contributed by atoms with Crippen molar-refractivity contribution in [3.63, 3.8) is 0 Å². The van der Waals surface area contributed by atoms with Crippen molar-refractivity contribution in [2.75, 3.05) is 63.8 Å². The first-order valence-corrected chi connectivity index (χ1v) is 18.8. The second-order valence-corrected chi connectivity index (χ2v) is 13.5. The normalized spacial score (nSPS) is 19.3. The molecule has 51 heavy (non-hydrogen) atoms. The van der Waals surface area contributed by atoms with Gasteiger partial charge in [-0.05, 0) is 93.1 Å². The molecule has 4 aliphatic rings. The number of nitrogens with two attached hydrogens (primary N) is 1. The van der Waals surface area contributed by atoms with Gasteiger partial charge in [-0.3, -0.25) is 20.0 Å². The van der Waals surface area contributed by atoms with Crippen molar-refractivity contribution in [3.8, 4) is 0 Å². The smallest absolute Gasteiger partial charge is 0.128 e. The molecule has 5 heterocycles. The van der Waals surface area contributed by atoms with Gasteiger partial charge in [-0.15, -0.1) is 0 Å². The van der Waals surface area contributed by atoms with Gasteiger partial charge in [-0.2, -0.15) is 0 Å². The van der Waals surface area contributed by atoms with E-state index in [1.807, 2.05) is 6.92 Å². The van der Waals surface area contributed by atoms with E-state index in [9.17, 15) is 0 Å². The first-order chi connectivity index (χ1) is 25.1. The Labute approximate surface area is 302 Å². The van der Waals surface area contributed by atoms with Gasteiger partial charge in [0.1, 0.15) is 23.3 Å². The molecule has 0 radical (unpaired) electrons. The standard InChI is InChI=1S/C41H52N10/c1-3-43-39(42)32-14-17-37-34(28-32)29(2)35(10-7-11-38-44-18-19-45-38)51(37)26-6-4-5-24-50-25-8-9-30(40-46-20-21-47-40)12-13-31-27-33(15-16-36(31)50)41-48-22-23-49-41/h7-10,12,14-17,27-28H,3-6,11,13,18-26H2,1-2H3,(H2,42,43)(H,44,45)(H,46,47)(H,48,49)/b9-8-,10-7-,30-12+. The highest BCUT2D eigenvalue weighted by molar-refractivity contribution is 6.03. The predicted molar refractivity (Wildman–Crippen MR) is 215 cm³/mol. The highest BCUT2D eigenvalue weighted by Gasteiger charge is 2.18. The van der Waals surface area contributed by atoms with Gasteiger partial charge in [0.05, 0.1) is 19.6 Å². The minimum atomic E-state index is 0.599. The average molecular weight is 685 g/mol. The molecule has 0 saturated heterocycles. The van der Waals surface area contributed by atoms with Gasteiger partial charge in [0, 0.05) is 91.2 Å². The molecule has 0 saturated carbocycles. The van der Waals surface area contributed by atoms with Crippen LogP contribution in [0.15, 0.2) is 86.2 Å². The number of unbranched alkanes of at least 4 members (excludes halogenated alkanes) is 2. The molecule has 7 rings (SSSR count). The van der Waals surface area contributed by atoms with E-state index in [1.54, 1.807) is 0 Å². The molecule has 0 unspecified atom stereocenters. The molecule has 0 aliphatic carbocycles. The largest absolute Gasteiger partial charge is 0.384 e. The zero-order valence-corrected chi connectivity index (χ0v) is 30.2. The lowest BCUT2D eigenvalue weighted by atomic mass is 10.0. The third-order valence-electron chi connectivity index (χ3n) is 10.1. The number of amidine groups is 4. The number of fused-ring (bicyclic) bond motifs is 2. The number of benzene rings is 2. The van der Waals surface area contributed by atoms with Crippen LogP contribution in [0.5, 0.6) is 0 Å². The van der Waals surface area contributed by atoms with Gasteiger partial charge in [0.15, 0.2) is 0 Å². The third kappa shape index (κ3) is 7.95. The summed E-state index contributed by atoms with van der Waals surface area (Å²) in [6.45, 7) is 13.0. The van der Waals surface area contributed by atoms with Crippen molar-refractivity contribution >= 4 is 46.0 Å². The second kappa shape index (κ2) is 16.3. The molecule has 3 aromatic rings. The molecule has 10 nitrogen and oxygen atoms in total. The number of aromatic nitrogens is 1. The van der Waals surface area contributed by atoms with Crippen molar-refractivity contribution in [1.82, 2.24) is 20.5 Å². The maximum absolute atomic E-state index is 6.33. The van der Waals surface area contributed by atoms with Gasteiger partial charge in [0.2, 0.25) is 0 Å². The van der Waals surface area contributed by atoms with E-state index in [4.69, 9.17) is 15.7 Å². The number of allylic oxidation sites excluding steroid dienone is 1. The van der Waals surface area contributed by atoms with Crippen LogP contribution in [0.1, 0.15) is 60.6 Å². The fraction of sp³-hybridized carbons (Fsp3) is 0.415. The maximum Gasteiger partial charge on any atom is 0.128 e. The van der Waals surface area contributed by atoms with Gasteiger partial charge in [0.25, 0.3) is 0 Å². The molecule has 0 amide bonds. The lowest BCUT2D eigenvalue weighted by Crippen LogP contribution is -2.26. The summed E-state index contributed by atoms with van der Waals surface area (Å²) >= 11 is 0. The summed E-state index contributed by atoms with van der Waals surface area (Å²) in [4.78, 5) is 21.0. The molecular weight excluding hydrogens is 633 g/mol. The number of hydrogen-bond donors (Lipinski definition) is 4. The van der Waals surface area contributed by atoms with Gasteiger partial charge in [-0.25, -0.2) is 0 Å². The third-order valence-corrected chi connectivity index (χ3v) is 10.1. The molecule has 5 N–H and O–H groups in total. The molecule has 1 aromatic heterocycles. The Bertz CT molecular complexity index is 1950. The van der Waals surface area contributed by atoms with E-state index in [1.165, 1.54) is 44.5 Å². The van der Waals surface area contributed by atoms with Crippen LogP contribution in [-0.2, 0) is 13.0 Å². The summed E-state index contributed by atoms with van der Waals surface area (Å²) < 4.78 is 2.49. The molecule has 266 valence electrons. The predicted octanol–water partition coefficient (Wildman–Crippen LogP) is 5.15. The maximum atomic E-state index is 6.33. The van der Waals surface area contributed by atoms with Crippen LogP contribution < -0.4 is 26.6 Å². The van der Waals surface area contributed by atoms with E-state index in [2.05, 4.69) is 109 Å². The van der Waals surface area contributed by atoms with Gasteiger partial charge < -0.3 is 31.2 Å². The number of aliphatic imine (C=N–C) groups is 4. The van der Waals surface area contributed by atoms with Crippen LogP contribution in [-0.4, -0.2) is 86.8 Å². The van der Waals surface area contributed by atoms with E-state index < -0.39 is 0 Å². The molecular formula is C41H52N10. The number of nitrogens with one attached hydrogen (secondary N) is 3. The van der Waals surface area contributed by atoms with Gasteiger partial charge in [-0.1, -0.05) is 24.3 Å². The zero-order chi connectivity index (χ0) is 35.0. The first kappa shape index (κ1) is 34.3. The summed E-state index contributed by atoms with van der Waals surface area (Å²) in [7, 11) is 0. The highest BCUT2D eigenvalue weighted by Crippen LogP contribution is 2.30. The van der Waals surface area contributed by atoms with Crippen molar-refractivity contribution in [2.45, 2.75) is 52.5 Å². The number of rotatable bonds is 13. The van der Waals surface area contributed by atoms with Crippen molar-refractivity contribution in [3.05, 3.63) is 94.2 Å². The zero-order valence-electron chi connectivity index (χ0n) is 30.2. The van der Waals surface area contributed by atoms with Crippen LogP contribution in [0.4, 0.5) is 5.69 Å². The van der Waals surface area contributed by atoms with Crippen LogP contribution in [0.25, 0.3) is 17.0 Å². The lowest BCUT2D eigenvalue weighted by molar-refractivity contribution is 0.592. The molecule has 0 bridgehead atoms. The number of aryl methyl sites for hydroxylation is 2. The number of hydrogen-bond acceptors (Lipinski definition) is 8. The van der Waals surface area contributed by atoms with E-state index in [-0.39, 0.29) is 0 Å². The SMILES string of the molecule is CCN=C(N)c1ccc2c(c1)c(C)c(/C=C\CC1=NCCN1)n2CCCCCN1C/C=C\C(C2=NCCN2)=C/Cc2cc(C3=NCCN3)ccc21. The van der Waals surface area contributed by atoms with Crippen molar-refractivity contribution in [1.29, 1.82) is 0 Å². The summed E-state index contributed by atoms with van der Waals surface area (Å²) in [6.07, 6.45) is 16.4. The van der Waals surface area contributed by atoms with Crippen molar-refractivity contribution in [2.24, 2.45) is 25.7 Å². The molecule has 0 fully saturated rings. The molecule has 0 atom stereocenters. The topological polar surface area (TPSA) is 120 Å². The fourth-order valence-electron chi connectivity index (χ4n) is 7.50. The van der Waals surface area contributed by atoms with E-state index in [0.717, 1.165) is 114 Å².